The minimum absolute atomic E-state index is 0.0927. The Kier molecular flexibility index (Phi) is 3.96. The van der Waals surface area contributed by atoms with Crippen molar-refractivity contribution >= 4 is 23.2 Å². The fourth-order valence-corrected chi connectivity index (χ4v) is 2.17. The maximum absolute atomic E-state index is 11.7. The van der Waals surface area contributed by atoms with Crippen LogP contribution in [-0.4, -0.2) is 33.5 Å². The van der Waals surface area contributed by atoms with Gasteiger partial charge in [-0.3, -0.25) is 9.59 Å². The van der Waals surface area contributed by atoms with Gasteiger partial charge in [-0.2, -0.15) is 0 Å². The number of carbonyl (C=O) groups is 2. The third-order valence-electron chi connectivity index (χ3n) is 2.47. The van der Waals surface area contributed by atoms with Crippen LogP contribution in [0.3, 0.4) is 0 Å². The number of carboxylic acids is 1. The second-order valence-corrected chi connectivity index (χ2v) is 5.02. The first-order chi connectivity index (χ1) is 9.06. The Morgan fingerprint density at radius 1 is 1.53 bits per heavy atom. The summed E-state index contributed by atoms with van der Waals surface area (Å²) in [6, 6.07) is 1.70. The number of carboxylic acid groups (broad SMARTS) is 1. The van der Waals surface area contributed by atoms with Crippen LogP contribution in [0.1, 0.15) is 21.9 Å². The molecule has 2 aromatic heterocycles. The molecule has 0 fully saturated rings. The molecule has 1 amide bonds. The van der Waals surface area contributed by atoms with E-state index in [2.05, 4.69) is 15.3 Å². The molecule has 0 bridgehead atoms. The Morgan fingerprint density at radius 3 is 2.95 bits per heavy atom. The molecule has 0 atom stereocenters. The van der Waals surface area contributed by atoms with Crippen LogP contribution in [0.5, 0.6) is 0 Å². The lowest BCUT2D eigenvalue weighted by molar-refractivity contribution is -0.136. The van der Waals surface area contributed by atoms with Gasteiger partial charge in [-0.05, 0) is 13.0 Å². The minimum Gasteiger partial charge on any atom is -0.481 e. The first-order valence-electron chi connectivity index (χ1n) is 5.67. The Morgan fingerprint density at radius 2 is 2.32 bits per heavy atom. The topological polar surface area (TPSA) is 95.1 Å². The number of aliphatic carboxylic acids is 1. The van der Waals surface area contributed by atoms with Gasteiger partial charge < -0.3 is 15.4 Å². The molecule has 7 heteroatoms. The van der Waals surface area contributed by atoms with Gasteiger partial charge in [0, 0.05) is 23.7 Å². The highest BCUT2D eigenvalue weighted by molar-refractivity contribution is 7.09. The number of nitrogens with one attached hydrogen (secondary N) is 2. The van der Waals surface area contributed by atoms with Crippen molar-refractivity contribution in [3.05, 3.63) is 28.3 Å². The molecule has 0 radical (unpaired) electrons. The van der Waals surface area contributed by atoms with Gasteiger partial charge in [0.05, 0.1) is 17.1 Å². The maximum atomic E-state index is 11.7. The van der Waals surface area contributed by atoms with Gasteiger partial charge in [0.2, 0.25) is 0 Å². The summed E-state index contributed by atoms with van der Waals surface area (Å²) in [5.41, 5.74) is 2.06. The standard InChI is InChI=1S/C12H13N3O3S/c1-7-15-10(6-19-7)8-4-9(14-5-8)12(18)13-3-2-11(16)17/h4-6,14H,2-3H2,1H3,(H,13,18)(H,16,17). The third-order valence-corrected chi connectivity index (χ3v) is 3.24. The molecular formula is C12H13N3O3S. The fraction of sp³-hybridized carbons (Fsp3) is 0.250. The zero-order chi connectivity index (χ0) is 13.8. The van der Waals surface area contributed by atoms with Crippen molar-refractivity contribution in [2.24, 2.45) is 0 Å². The summed E-state index contributed by atoms with van der Waals surface area (Å²) in [6.45, 7) is 2.03. The fourth-order valence-electron chi connectivity index (χ4n) is 1.55. The number of nitrogens with zero attached hydrogens (tertiary/aromatic N) is 1. The number of amides is 1. The van der Waals surface area contributed by atoms with Gasteiger partial charge in [0.15, 0.2) is 0 Å². The first-order valence-corrected chi connectivity index (χ1v) is 6.55. The van der Waals surface area contributed by atoms with Crippen LogP contribution in [0.25, 0.3) is 11.3 Å². The quantitative estimate of drug-likeness (QED) is 0.775. The normalized spacial score (nSPS) is 10.4. The second kappa shape index (κ2) is 5.66. The Balaban J connectivity index is 2.00. The number of rotatable bonds is 5. The summed E-state index contributed by atoms with van der Waals surface area (Å²) < 4.78 is 0. The van der Waals surface area contributed by atoms with Crippen molar-refractivity contribution in [2.45, 2.75) is 13.3 Å². The molecule has 0 aliphatic heterocycles. The molecule has 0 spiro atoms. The van der Waals surface area contributed by atoms with Gasteiger partial charge >= 0.3 is 5.97 Å². The van der Waals surface area contributed by atoms with E-state index < -0.39 is 5.97 Å². The highest BCUT2D eigenvalue weighted by Crippen LogP contribution is 2.22. The van der Waals surface area contributed by atoms with Gasteiger partial charge in [-0.25, -0.2) is 4.98 Å². The SMILES string of the molecule is Cc1nc(-c2c[nH]c(C(=O)NCCC(=O)O)c2)cs1. The van der Waals surface area contributed by atoms with Crippen molar-refractivity contribution in [1.82, 2.24) is 15.3 Å². The zero-order valence-corrected chi connectivity index (χ0v) is 11.1. The van der Waals surface area contributed by atoms with Crippen LogP contribution < -0.4 is 5.32 Å². The molecule has 0 aliphatic carbocycles. The Hall–Kier alpha value is -2.15. The van der Waals surface area contributed by atoms with Crippen LogP contribution >= 0.6 is 11.3 Å². The van der Waals surface area contributed by atoms with E-state index in [4.69, 9.17) is 5.11 Å². The van der Waals surface area contributed by atoms with E-state index in [0.29, 0.717) is 5.69 Å². The van der Waals surface area contributed by atoms with E-state index in [0.717, 1.165) is 16.3 Å². The van der Waals surface area contributed by atoms with Crippen molar-refractivity contribution in [1.29, 1.82) is 0 Å². The predicted molar refractivity (Wildman–Crippen MR) is 71.2 cm³/mol. The van der Waals surface area contributed by atoms with E-state index in [1.165, 1.54) is 0 Å². The summed E-state index contributed by atoms with van der Waals surface area (Å²) in [6.07, 6.45) is 1.62. The van der Waals surface area contributed by atoms with E-state index in [1.54, 1.807) is 23.6 Å². The number of thiazole rings is 1. The Labute approximate surface area is 113 Å². The monoisotopic (exact) mass is 279 g/mol. The van der Waals surface area contributed by atoms with Crippen LogP contribution in [0.4, 0.5) is 0 Å². The van der Waals surface area contributed by atoms with E-state index in [-0.39, 0.29) is 18.9 Å². The number of aryl methyl sites for hydroxylation is 1. The average Bonchev–Trinajstić information content (AvgIpc) is 2.96. The van der Waals surface area contributed by atoms with Crippen molar-refractivity contribution in [3.8, 4) is 11.3 Å². The van der Waals surface area contributed by atoms with Crippen molar-refractivity contribution in [2.75, 3.05) is 6.54 Å². The van der Waals surface area contributed by atoms with E-state index >= 15 is 0 Å². The molecule has 6 nitrogen and oxygen atoms in total. The average molecular weight is 279 g/mol. The zero-order valence-electron chi connectivity index (χ0n) is 10.3. The molecule has 0 aliphatic rings. The van der Waals surface area contributed by atoms with Gasteiger partial charge in [0.25, 0.3) is 5.91 Å². The summed E-state index contributed by atoms with van der Waals surface area (Å²) in [4.78, 5) is 29.3. The maximum Gasteiger partial charge on any atom is 0.305 e. The smallest absolute Gasteiger partial charge is 0.305 e. The van der Waals surface area contributed by atoms with Crippen LogP contribution in [0.2, 0.25) is 0 Å². The molecule has 2 heterocycles. The third kappa shape index (κ3) is 3.41. The molecule has 19 heavy (non-hydrogen) atoms. The number of hydrogen-bond donors (Lipinski definition) is 3. The van der Waals surface area contributed by atoms with Crippen LogP contribution in [-0.2, 0) is 4.79 Å². The molecule has 0 saturated heterocycles. The minimum atomic E-state index is -0.939. The lowest BCUT2D eigenvalue weighted by atomic mass is 10.2. The first kappa shape index (κ1) is 13.3. The number of H-pyrrole nitrogens is 1. The molecule has 0 saturated carbocycles. The number of hydrogen-bond acceptors (Lipinski definition) is 4. The highest BCUT2D eigenvalue weighted by atomic mass is 32.1. The summed E-state index contributed by atoms with van der Waals surface area (Å²) in [5.74, 6) is -1.26. The molecule has 2 aromatic rings. The van der Waals surface area contributed by atoms with Gasteiger partial charge in [-0.1, -0.05) is 0 Å². The van der Waals surface area contributed by atoms with Crippen molar-refractivity contribution in [3.63, 3.8) is 0 Å². The van der Waals surface area contributed by atoms with E-state index in [1.807, 2.05) is 12.3 Å². The molecular weight excluding hydrogens is 266 g/mol. The number of carbonyl (C=O) groups excluding carboxylic acids is 1. The molecule has 0 unspecified atom stereocenters. The summed E-state index contributed by atoms with van der Waals surface area (Å²) >= 11 is 1.54. The van der Waals surface area contributed by atoms with Crippen molar-refractivity contribution < 1.29 is 14.7 Å². The second-order valence-electron chi connectivity index (χ2n) is 3.95. The molecule has 100 valence electrons. The highest BCUT2D eigenvalue weighted by Gasteiger charge is 2.11. The van der Waals surface area contributed by atoms with E-state index in [9.17, 15) is 9.59 Å². The summed E-state index contributed by atoms with van der Waals surface area (Å²) in [7, 11) is 0. The molecule has 0 aromatic carbocycles. The number of aromatic amines is 1. The lowest BCUT2D eigenvalue weighted by Crippen LogP contribution is -2.26. The van der Waals surface area contributed by atoms with Gasteiger partial charge in [0.1, 0.15) is 5.69 Å². The van der Waals surface area contributed by atoms with Gasteiger partial charge in [-0.15, -0.1) is 11.3 Å². The van der Waals surface area contributed by atoms with Crippen LogP contribution in [0.15, 0.2) is 17.6 Å². The number of aromatic nitrogens is 2. The predicted octanol–water partition coefficient (Wildman–Crippen LogP) is 1.65. The van der Waals surface area contributed by atoms with Crippen LogP contribution in [0, 0.1) is 6.92 Å². The summed E-state index contributed by atoms with van der Waals surface area (Å²) in [5, 5.41) is 13.9. The molecule has 3 N–H and O–H groups in total. The molecule has 2 rings (SSSR count). The largest absolute Gasteiger partial charge is 0.481 e. The lowest BCUT2D eigenvalue weighted by Gasteiger charge is -2.00. The Bertz CT molecular complexity index is 603.